The maximum absolute atomic E-state index is 5.74. The Balaban J connectivity index is 2.27. The van der Waals surface area contributed by atoms with Crippen molar-refractivity contribution in [2.45, 2.75) is 32.3 Å². The average molecular weight is 222 g/mol. The Morgan fingerprint density at radius 1 is 1.60 bits per heavy atom. The highest BCUT2D eigenvalue weighted by Gasteiger charge is 2.22. The zero-order valence-corrected chi connectivity index (χ0v) is 9.51. The number of pyridine rings is 1. The monoisotopic (exact) mass is 222 g/mol. The number of nitrogens with zero attached hydrogens (tertiary/aromatic N) is 1. The van der Waals surface area contributed by atoms with Crippen LogP contribution in [0.1, 0.15) is 30.4 Å². The number of aryl methyl sites for hydroxylation is 1. The Kier molecular flexibility index (Phi) is 2.86. The lowest BCUT2D eigenvalue weighted by Gasteiger charge is -2.26. The minimum atomic E-state index is 0.299. The van der Waals surface area contributed by atoms with E-state index in [0.29, 0.717) is 17.0 Å². The Morgan fingerprint density at radius 2 is 2.33 bits per heavy atom. The fourth-order valence-corrected chi connectivity index (χ4v) is 1.82. The third-order valence-electron chi connectivity index (χ3n) is 2.70. The predicted octanol–water partition coefficient (Wildman–Crippen LogP) is 1.96. The van der Waals surface area contributed by atoms with E-state index in [2.05, 4.69) is 4.98 Å². The van der Waals surface area contributed by atoms with Gasteiger partial charge in [-0.15, -0.1) is 0 Å². The number of hydrogen-bond donors (Lipinski definition) is 1. The first-order valence-electron chi connectivity index (χ1n) is 5.10. The summed E-state index contributed by atoms with van der Waals surface area (Å²) in [6.45, 7) is 1.96. The van der Waals surface area contributed by atoms with Gasteiger partial charge in [-0.2, -0.15) is 0 Å². The molecule has 0 saturated heterocycles. The molecule has 0 atom stereocenters. The summed E-state index contributed by atoms with van der Waals surface area (Å²) in [5, 5.41) is 0. The summed E-state index contributed by atoms with van der Waals surface area (Å²) in [6, 6.07) is 1.89. The highest BCUT2D eigenvalue weighted by Crippen LogP contribution is 2.27. The van der Waals surface area contributed by atoms with Crippen LogP contribution in [0.2, 0.25) is 0 Å². The SMILES string of the molecule is Cc1ccnc(OC2CCC2)c1C(N)=S. The molecule has 1 fully saturated rings. The van der Waals surface area contributed by atoms with E-state index in [1.54, 1.807) is 6.20 Å². The van der Waals surface area contributed by atoms with Crippen molar-refractivity contribution in [2.24, 2.45) is 5.73 Å². The van der Waals surface area contributed by atoms with Crippen LogP contribution < -0.4 is 10.5 Å². The summed E-state index contributed by atoms with van der Waals surface area (Å²) in [6.07, 6.45) is 5.47. The average Bonchev–Trinajstić information content (AvgIpc) is 2.10. The highest BCUT2D eigenvalue weighted by atomic mass is 32.1. The molecule has 0 bridgehead atoms. The summed E-state index contributed by atoms with van der Waals surface area (Å²) in [7, 11) is 0. The summed E-state index contributed by atoms with van der Waals surface area (Å²) in [4.78, 5) is 4.55. The molecule has 1 aliphatic rings. The van der Waals surface area contributed by atoms with E-state index in [-0.39, 0.29) is 0 Å². The van der Waals surface area contributed by atoms with E-state index in [9.17, 15) is 0 Å². The second kappa shape index (κ2) is 4.14. The lowest BCUT2D eigenvalue weighted by molar-refractivity contribution is 0.114. The van der Waals surface area contributed by atoms with Crippen molar-refractivity contribution in [1.82, 2.24) is 4.98 Å². The lowest BCUT2D eigenvalue weighted by atomic mass is 9.96. The van der Waals surface area contributed by atoms with Gasteiger partial charge in [0.1, 0.15) is 11.1 Å². The van der Waals surface area contributed by atoms with E-state index in [1.165, 1.54) is 6.42 Å². The predicted molar refractivity (Wildman–Crippen MR) is 63.1 cm³/mol. The van der Waals surface area contributed by atoms with Crippen LogP contribution in [0.4, 0.5) is 0 Å². The molecule has 2 N–H and O–H groups in total. The van der Waals surface area contributed by atoms with E-state index in [1.807, 2.05) is 13.0 Å². The smallest absolute Gasteiger partial charge is 0.224 e. The van der Waals surface area contributed by atoms with Crippen molar-refractivity contribution >= 4 is 17.2 Å². The molecule has 80 valence electrons. The quantitative estimate of drug-likeness (QED) is 0.794. The molecule has 4 heteroatoms. The van der Waals surface area contributed by atoms with Crippen molar-refractivity contribution < 1.29 is 4.74 Å². The molecule has 1 aromatic rings. The second-order valence-corrected chi connectivity index (χ2v) is 4.28. The molecule has 3 nitrogen and oxygen atoms in total. The van der Waals surface area contributed by atoms with Crippen LogP contribution in [0.5, 0.6) is 5.88 Å². The fraction of sp³-hybridized carbons (Fsp3) is 0.455. The van der Waals surface area contributed by atoms with E-state index < -0.39 is 0 Å². The standard InChI is InChI=1S/C11H14N2OS/c1-7-5-6-13-11(9(7)10(12)15)14-8-3-2-4-8/h5-6,8H,2-4H2,1H3,(H2,12,15). The third-order valence-corrected chi connectivity index (χ3v) is 2.91. The van der Waals surface area contributed by atoms with Gasteiger partial charge < -0.3 is 10.5 Å². The first-order valence-corrected chi connectivity index (χ1v) is 5.51. The normalized spacial score (nSPS) is 15.8. The van der Waals surface area contributed by atoms with Crippen LogP contribution in [-0.4, -0.2) is 16.1 Å². The van der Waals surface area contributed by atoms with E-state index in [0.717, 1.165) is 24.0 Å². The molecular weight excluding hydrogens is 208 g/mol. The summed E-state index contributed by atoms with van der Waals surface area (Å²) in [5.41, 5.74) is 7.46. The molecule has 1 heterocycles. The van der Waals surface area contributed by atoms with Gasteiger partial charge in [-0.25, -0.2) is 4.98 Å². The first-order chi connectivity index (χ1) is 7.18. The Bertz CT molecular complexity index is 388. The van der Waals surface area contributed by atoms with Gasteiger partial charge in [0.05, 0.1) is 5.56 Å². The fourth-order valence-electron chi connectivity index (χ4n) is 1.57. The number of ether oxygens (including phenoxy) is 1. The minimum absolute atomic E-state index is 0.299. The molecule has 0 amide bonds. The zero-order valence-electron chi connectivity index (χ0n) is 8.69. The molecule has 0 spiro atoms. The molecule has 0 aromatic carbocycles. The number of rotatable bonds is 3. The molecule has 1 saturated carbocycles. The number of hydrogen-bond acceptors (Lipinski definition) is 3. The Labute approximate surface area is 94.6 Å². The molecule has 2 rings (SSSR count). The van der Waals surface area contributed by atoms with Crippen molar-refractivity contribution in [3.63, 3.8) is 0 Å². The number of aromatic nitrogens is 1. The minimum Gasteiger partial charge on any atom is -0.474 e. The summed E-state index contributed by atoms with van der Waals surface area (Å²) < 4.78 is 5.74. The van der Waals surface area contributed by atoms with Gasteiger partial charge in [-0.05, 0) is 37.8 Å². The van der Waals surface area contributed by atoms with Crippen LogP contribution in [0.25, 0.3) is 0 Å². The first kappa shape index (κ1) is 10.4. The molecular formula is C11H14N2OS. The van der Waals surface area contributed by atoms with Crippen molar-refractivity contribution in [3.05, 3.63) is 23.4 Å². The summed E-state index contributed by atoms with van der Waals surface area (Å²) >= 11 is 5.00. The van der Waals surface area contributed by atoms with Gasteiger partial charge in [0.15, 0.2) is 0 Å². The number of thiocarbonyl (C=S) groups is 1. The number of nitrogens with two attached hydrogens (primary N) is 1. The molecule has 1 aliphatic carbocycles. The summed E-state index contributed by atoms with van der Waals surface area (Å²) in [5.74, 6) is 0.590. The largest absolute Gasteiger partial charge is 0.474 e. The van der Waals surface area contributed by atoms with E-state index in [4.69, 9.17) is 22.7 Å². The van der Waals surface area contributed by atoms with E-state index >= 15 is 0 Å². The van der Waals surface area contributed by atoms with Gasteiger partial charge in [0, 0.05) is 6.20 Å². The van der Waals surface area contributed by atoms with Crippen LogP contribution in [0.3, 0.4) is 0 Å². The van der Waals surface area contributed by atoms with Gasteiger partial charge >= 0.3 is 0 Å². The van der Waals surface area contributed by atoms with Crippen molar-refractivity contribution in [3.8, 4) is 5.88 Å². The molecule has 0 aliphatic heterocycles. The van der Waals surface area contributed by atoms with Crippen LogP contribution >= 0.6 is 12.2 Å². The van der Waals surface area contributed by atoms with Crippen LogP contribution in [-0.2, 0) is 0 Å². The molecule has 0 radical (unpaired) electrons. The Morgan fingerprint density at radius 3 is 2.87 bits per heavy atom. The second-order valence-electron chi connectivity index (χ2n) is 3.84. The van der Waals surface area contributed by atoms with Gasteiger partial charge in [-0.1, -0.05) is 12.2 Å². The molecule has 1 aromatic heterocycles. The highest BCUT2D eigenvalue weighted by molar-refractivity contribution is 7.80. The van der Waals surface area contributed by atoms with Crippen molar-refractivity contribution in [2.75, 3.05) is 0 Å². The Hall–Kier alpha value is -1.16. The van der Waals surface area contributed by atoms with Gasteiger partial charge in [0.2, 0.25) is 5.88 Å². The van der Waals surface area contributed by atoms with Crippen molar-refractivity contribution in [1.29, 1.82) is 0 Å². The maximum Gasteiger partial charge on any atom is 0.224 e. The molecule has 15 heavy (non-hydrogen) atoms. The lowest BCUT2D eigenvalue weighted by Crippen LogP contribution is -2.26. The van der Waals surface area contributed by atoms with Gasteiger partial charge in [0.25, 0.3) is 0 Å². The van der Waals surface area contributed by atoms with Gasteiger partial charge in [-0.3, -0.25) is 0 Å². The maximum atomic E-state index is 5.74. The van der Waals surface area contributed by atoms with Crippen LogP contribution in [0, 0.1) is 6.92 Å². The topological polar surface area (TPSA) is 48.1 Å². The molecule has 0 unspecified atom stereocenters. The zero-order chi connectivity index (χ0) is 10.8. The van der Waals surface area contributed by atoms with Crippen LogP contribution in [0.15, 0.2) is 12.3 Å². The third kappa shape index (κ3) is 2.09.